The van der Waals surface area contributed by atoms with Crippen LogP contribution in [0.4, 0.5) is 5.82 Å². The lowest BCUT2D eigenvalue weighted by Gasteiger charge is -2.08. The number of ketones is 1. The molecule has 0 aliphatic rings. The number of Topliss-reactive ketones (excluding diaryl/α,β-unsaturated/α-hetero) is 1. The van der Waals surface area contributed by atoms with Crippen LogP contribution in [0, 0.1) is 0 Å². The zero-order chi connectivity index (χ0) is 26.7. The molecule has 4 rings (SSSR count). The van der Waals surface area contributed by atoms with Gasteiger partial charge >= 0.3 is 11.9 Å². The second-order valence-electron chi connectivity index (χ2n) is 7.36. The quantitative estimate of drug-likeness (QED) is 0.229. The molecular weight excluding hydrogens is 546 g/mol. The van der Waals surface area contributed by atoms with Gasteiger partial charge in [-0.15, -0.1) is 11.3 Å². The second-order valence-corrected chi connectivity index (χ2v) is 9.83. The van der Waals surface area contributed by atoms with Crippen LogP contribution in [0.2, 0.25) is 4.34 Å². The lowest BCUT2D eigenvalue weighted by molar-refractivity contribution is -0.151. The summed E-state index contributed by atoms with van der Waals surface area (Å²) < 4.78 is 10.8. The predicted octanol–water partition coefficient (Wildman–Crippen LogP) is 2.62. The third-order valence-electron chi connectivity index (χ3n) is 4.99. The van der Waals surface area contributed by atoms with Crippen LogP contribution in [0.1, 0.15) is 25.7 Å². The number of nitrogens with zero attached hydrogens (tertiary/aromatic N) is 4. The molecule has 0 amide bonds. The van der Waals surface area contributed by atoms with Gasteiger partial charge in [-0.25, -0.2) is 9.59 Å². The van der Waals surface area contributed by atoms with Crippen LogP contribution >= 0.6 is 34.5 Å². The highest BCUT2D eigenvalue weighted by atomic mass is 35.5. The van der Waals surface area contributed by atoms with Crippen molar-refractivity contribution in [1.82, 2.24) is 18.7 Å². The normalized spacial score (nSPS) is 10.8. The van der Waals surface area contributed by atoms with Gasteiger partial charge in [0.2, 0.25) is 0 Å². The number of hydrogen-bond donors (Lipinski definition) is 2. The lowest BCUT2D eigenvalue weighted by atomic mass is 10.1. The molecule has 0 radical (unpaired) electrons. The van der Waals surface area contributed by atoms with Crippen molar-refractivity contribution >= 4 is 63.9 Å². The maximum Gasteiger partial charge on any atom is 0.376 e. The van der Waals surface area contributed by atoms with E-state index in [9.17, 15) is 29.1 Å². The third kappa shape index (κ3) is 5.66. The number of anilines is 1. The number of carboxylic acid groups (broad SMARTS) is 1. The molecule has 0 spiro atoms. The Balaban J connectivity index is 1.76. The molecule has 0 bridgehead atoms. The van der Waals surface area contributed by atoms with Crippen LogP contribution in [0.3, 0.4) is 0 Å². The average molecular weight is 562 g/mol. The van der Waals surface area contributed by atoms with Gasteiger partial charge in [0.05, 0.1) is 35.8 Å². The van der Waals surface area contributed by atoms with Crippen LogP contribution < -0.4 is 10.9 Å². The number of aromatic nitrogens is 4. The molecule has 0 fully saturated rings. The van der Waals surface area contributed by atoms with E-state index >= 15 is 0 Å². The van der Waals surface area contributed by atoms with Gasteiger partial charge in [-0.2, -0.15) is 14.2 Å². The summed E-state index contributed by atoms with van der Waals surface area (Å²) in [5, 5.41) is 18.8. The summed E-state index contributed by atoms with van der Waals surface area (Å²) in [6.07, 6.45) is 0.933. The van der Waals surface area contributed by atoms with E-state index in [4.69, 9.17) is 11.6 Å². The molecule has 2 N–H and O–H groups in total. The summed E-state index contributed by atoms with van der Waals surface area (Å²) in [6, 6.07) is 7.44. The number of esters is 1. The molecular formula is C22H16ClN5O7S2. The minimum absolute atomic E-state index is 0.0104. The summed E-state index contributed by atoms with van der Waals surface area (Å²) in [4.78, 5) is 62.0. The van der Waals surface area contributed by atoms with Gasteiger partial charge in [0, 0.05) is 34.2 Å². The maximum atomic E-state index is 13.1. The number of pyridine rings is 1. The highest BCUT2D eigenvalue weighted by molar-refractivity contribution is 7.16. The first-order valence-corrected chi connectivity index (χ1v) is 12.3. The first-order chi connectivity index (χ1) is 17.7. The molecule has 0 aliphatic heterocycles. The van der Waals surface area contributed by atoms with Crippen molar-refractivity contribution in [1.29, 1.82) is 0 Å². The number of ether oxygens (including phenoxy) is 1. The number of carbonyl (C=O) groups is 4. The van der Waals surface area contributed by atoms with Crippen LogP contribution in [-0.4, -0.2) is 54.6 Å². The number of carboxylic acids is 1. The van der Waals surface area contributed by atoms with Crippen LogP contribution in [0.25, 0.3) is 11.3 Å². The van der Waals surface area contributed by atoms with Crippen LogP contribution in [0.5, 0.6) is 0 Å². The van der Waals surface area contributed by atoms with Crippen molar-refractivity contribution in [2.75, 3.05) is 12.4 Å². The number of thiophene rings is 1. The standard InChI is InChI=1S/C22H16ClN5O7S2/c1-35-22(34)16(29)10-27-9-13(21(32)33)12(6-19(27)30)15-7-18(24-8-11-2-3-17(23)37-11)28(25-15)20(31)14-4-5-36-26-14/h2-7,9,24H,8,10H2,1H3,(H,32,33). The summed E-state index contributed by atoms with van der Waals surface area (Å²) in [6.45, 7) is -0.422. The monoisotopic (exact) mass is 561 g/mol. The predicted molar refractivity (Wildman–Crippen MR) is 134 cm³/mol. The van der Waals surface area contributed by atoms with Gasteiger partial charge in [0.15, 0.2) is 0 Å². The fraction of sp³-hybridized carbons (Fsp3) is 0.136. The number of carbonyl (C=O) groups excluding carboxylic acids is 3. The molecule has 4 aromatic heterocycles. The van der Waals surface area contributed by atoms with Gasteiger partial charge in [-0.05, 0) is 29.7 Å². The highest BCUT2D eigenvalue weighted by Gasteiger charge is 2.24. The number of hydrogen-bond acceptors (Lipinski definition) is 11. The van der Waals surface area contributed by atoms with Gasteiger partial charge in [-0.1, -0.05) is 11.6 Å². The fourth-order valence-corrected chi connectivity index (χ4v) is 4.79. The van der Waals surface area contributed by atoms with E-state index in [1.54, 1.807) is 11.4 Å². The highest BCUT2D eigenvalue weighted by Crippen LogP contribution is 2.27. The van der Waals surface area contributed by atoms with E-state index in [0.717, 1.165) is 45.0 Å². The number of aromatic carboxylic acids is 1. The van der Waals surface area contributed by atoms with Crippen LogP contribution in [0.15, 0.2) is 46.7 Å². The number of rotatable bonds is 9. The van der Waals surface area contributed by atoms with E-state index in [0.29, 0.717) is 4.34 Å². The van der Waals surface area contributed by atoms with Gasteiger partial charge < -0.3 is 19.7 Å². The molecule has 4 aromatic rings. The number of halogens is 1. The average Bonchev–Trinajstić information content (AvgIpc) is 3.63. The third-order valence-corrected chi connectivity index (χ3v) is 6.78. The molecule has 15 heteroatoms. The Morgan fingerprint density at radius 1 is 1.19 bits per heavy atom. The van der Waals surface area contributed by atoms with Gasteiger partial charge in [0.1, 0.15) is 11.5 Å². The molecule has 190 valence electrons. The Bertz CT molecular complexity index is 1570. The van der Waals surface area contributed by atoms with Gasteiger partial charge in [0.25, 0.3) is 17.2 Å². The van der Waals surface area contributed by atoms with Crippen molar-refractivity contribution in [2.45, 2.75) is 13.1 Å². The van der Waals surface area contributed by atoms with Gasteiger partial charge in [-0.3, -0.25) is 14.4 Å². The Kier molecular flexibility index (Phi) is 7.61. The van der Waals surface area contributed by atoms with E-state index in [2.05, 4.69) is 19.5 Å². The smallest absolute Gasteiger partial charge is 0.376 e. The Morgan fingerprint density at radius 2 is 1.97 bits per heavy atom. The molecule has 37 heavy (non-hydrogen) atoms. The molecule has 0 atom stereocenters. The zero-order valence-corrected chi connectivity index (χ0v) is 21.2. The molecule has 4 heterocycles. The topological polar surface area (TPSA) is 162 Å². The molecule has 0 aliphatic carbocycles. The molecule has 12 nitrogen and oxygen atoms in total. The largest absolute Gasteiger partial charge is 0.478 e. The Labute approximate surface area is 220 Å². The minimum Gasteiger partial charge on any atom is -0.478 e. The molecule has 0 saturated carbocycles. The first kappa shape index (κ1) is 25.9. The van der Waals surface area contributed by atoms with E-state index < -0.39 is 35.7 Å². The molecule has 0 unspecified atom stereocenters. The lowest BCUT2D eigenvalue weighted by Crippen LogP contribution is -2.29. The molecule has 0 saturated heterocycles. The van der Waals surface area contributed by atoms with Crippen molar-refractivity contribution in [2.24, 2.45) is 0 Å². The summed E-state index contributed by atoms with van der Waals surface area (Å²) in [5.74, 6) is -3.98. The zero-order valence-electron chi connectivity index (χ0n) is 18.8. The fourth-order valence-electron chi connectivity index (χ4n) is 3.26. The first-order valence-electron chi connectivity index (χ1n) is 10.3. The summed E-state index contributed by atoms with van der Waals surface area (Å²) in [7, 11) is 1.01. The number of methoxy groups -OCH3 is 1. The maximum absolute atomic E-state index is 13.1. The summed E-state index contributed by atoms with van der Waals surface area (Å²) >= 11 is 8.40. The van der Waals surface area contributed by atoms with E-state index in [1.165, 1.54) is 23.5 Å². The second kappa shape index (κ2) is 10.9. The minimum atomic E-state index is -1.42. The van der Waals surface area contributed by atoms with Crippen molar-refractivity contribution in [3.8, 4) is 11.3 Å². The SMILES string of the molecule is COC(=O)C(=O)Cn1cc(C(=O)O)c(-c2cc(NCc3ccc(Cl)s3)n(C(=O)c3ccsn3)n2)cc1=O. The Hall–Kier alpha value is -4.14. The van der Waals surface area contributed by atoms with E-state index in [-0.39, 0.29) is 34.9 Å². The van der Waals surface area contributed by atoms with Crippen molar-refractivity contribution in [3.63, 3.8) is 0 Å². The summed E-state index contributed by atoms with van der Waals surface area (Å²) in [5.41, 5.74) is -1.10. The van der Waals surface area contributed by atoms with Crippen molar-refractivity contribution in [3.05, 3.63) is 72.7 Å². The number of nitrogens with one attached hydrogen (secondary N) is 1. The van der Waals surface area contributed by atoms with Crippen molar-refractivity contribution < 1.29 is 29.0 Å². The molecule has 0 aromatic carbocycles. The Morgan fingerprint density at radius 3 is 2.59 bits per heavy atom. The van der Waals surface area contributed by atoms with Crippen LogP contribution in [-0.2, 0) is 27.4 Å². The van der Waals surface area contributed by atoms with E-state index in [1.807, 2.05) is 6.07 Å².